The molecule has 1 aliphatic heterocycles. The van der Waals surface area contributed by atoms with E-state index >= 15 is 0 Å². The van der Waals surface area contributed by atoms with Crippen LogP contribution in [-0.4, -0.2) is 30.5 Å². The molecule has 5 rings (SSSR count). The van der Waals surface area contributed by atoms with Crippen LogP contribution >= 0.6 is 0 Å². The van der Waals surface area contributed by atoms with Gasteiger partial charge in [0, 0.05) is 30.4 Å². The molecule has 8 heteroatoms. The van der Waals surface area contributed by atoms with Crippen LogP contribution in [0.4, 0.5) is 24.9 Å². The number of aromatic nitrogens is 1. The van der Waals surface area contributed by atoms with E-state index in [1.54, 1.807) is 18.3 Å². The Bertz CT molecular complexity index is 1100. The van der Waals surface area contributed by atoms with Crippen molar-refractivity contribution in [3.8, 4) is 17.1 Å². The van der Waals surface area contributed by atoms with Gasteiger partial charge in [0.2, 0.25) is 0 Å². The van der Waals surface area contributed by atoms with Gasteiger partial charge in [-0.2, -0.15) is 0 Å². The summed E-state index contributed by atoms with van der Waals surface area (Å²) in [5.74, 6) is 1.66. The maximum absolute atomic E-state index is 12.5. The number of hydrogen-bond donors (Lipinski definition) is 1. The van der Waals surface area contributed by atoms with E-state index in [1.165, 1.54) is 37.8 Å². The normalized spacial score (nSPS) is 22.9. The molecule has 2 fully saturated rings. The first-order valence-electron chi connectivity index (χ1n) is 12.8. The molecule has 3 atom stereocenters. The van der Waals surface area contributed by atoms with Gasteiger partial charge in [0.15, 0.2) is 5.76 Å². The second-order valence-electron chi connectivity index (χ2n) is 9.92. The number of benzene rings is 2. The summed E-state index contributed by atoms with van der Waals surface area (Å²) < 4.78 is 47.4. The van der Waals surface area contributed by atoms with Crippen molar-refractivity contribution in [2.75, 3.05) is 23.3 Å². The van der Waals surface area contributed by atoms with Crippen molar-refractivity contribution in [2.24, 2.45) is 11.8 Å². The van der Waals surface area contributed by atoms with E-state index in [0.717, 1.165) is 49.4 Å². The number of nitrogens with one attached hydrogen (secondary N) is 1. The highest BCUT2D eigenvalue weighted by atomic mass is 19.4. The minimum atomic E-state index is -4.67. The van der Waals surface area contributed by atoms with Gasteiger partial charge in [0.25, 0.3) is 6.01 Å². The summed E-state index contributed by atoms with van der Waals surface area (Å²) in [5.41, 5.74) is 1.96. The highest BCUT2D eigenvalue weighted by molar-refractivity contribution is 5.57. The topological polar surface area (TPSA) is 50.5 Å². The number of rotatable bonds is 7. The largest absolute Gasteiger partial charge is 0.573 e. The lowest BCUT2D eigenvalue weighted by Gasteiger charge is -2.39. The van der Waals surface area contributed by atoms with E-state index in [2.05, 4.69) is 19.9 Å². The fraction of sp³-hybridized carbons (Fsp3) is 0.464. The Morgan fingerprint density at radius 1 is 0.972 bits per heavy atom. The van der Waals surface area contributed by atoms with Crippen LogP contribution in [0.25, 0.3) is 11.3 Å². The molecule has 2 aliphatic rings. The third kappa shape index (κ3) is 6.33. The van der Waals surface area contributed by atoms with Gasteiger partial charge in [-0.25, -0.2) is 4.98 Å². The first-order chi connectivity index (χ1) is 17.4. The van der Waals surface area contributed by atoms with Crippen LogP contribution in [0, 0.1) is 11.8 Å². The Hall–Kier alpha value is -3.16. The van der Waals surface area contributed by atoms with Crippen molar-refractivity contribution in [2.45, 2.75) is 57.3 Å². The van der Waals surface area contributed by atoms with Crippen molar-refractivity contribution in [3.05, 3.63) is 60.8 Å². The lowest BCUT2D eigenvalue weighted by atomic mass is 9.77. The Morgan fingerprint density at radius 2 is 1.75 bits per heavy atom. The van der Waals surface area contributed by atoms with Crippen molar-refractivity contribution in [3.63, 3.8) is 0 Å². The first-order valence-corrected chi connectivity index (χ1v) is 12.8. The summed E-state index contributed by atoms with van der Waals surface area (Å²) in [6, 6.07) is 17.1. The number of nitrogens with zero attached hydrogens (tertiary/aromatic N) is 2. The maximum Gasteiger partial charge on any atom is 0.573 e. The molecule has 36 heavy (non-hydrogen) atoms. The van der Waals surface area contributed by atoms with E-state index in [1.807, 2.05) is 30.3 Å². The Morgan fingerprint density at radius 3 is 2.53 bits per heavy atom. The molecule has 1 saturated heterocycles. The number of halogens is 3. The molecule has 2 heterocycles. The third-order valence-electron chi connectivity index (χ3n) is 7.37. The lowest BCUT2D eigenvalue weighted by molar-refractivity contribution is -0.274. The van der Waals surface area contributed by atoms with E-state index in [0.29, 0.717) is 23.9 Å². The molecular formula is C28H32F3N3O2. The van der Waals surface area contributed by atoms with Gasteiger partial charge in [-0.05, 0) is 68.2 Å². The van der Waals surface area contributed by atoms with E-state index in [-0.39, 0.29) is 5.75 Å². The molecule has 3 aromatic rings. The summed E-state index contributed by atoms with van der Waals surface area (Å²) in [6.07, 6.45) is 5.20. The van der Waals surface area contributed by atoms with Crippen LogP contribution in [0.2, 0.25) is 0 Å². The fourth-order valence-corrected chi connectivity index (χ4v) is 5.69. The van der Waals surface area contributed by atoms with Crippen molar-refractivity contribution < 1.29 is 22.3 Å². The first kappa shape index (κ1) is 24.5. The standard InChI is InChI=1S/C28H32F3N3O2/c29-28(30,31)36-24-14-12-23(13-15-24)34-16-6-7-20(19-34)17-22-10-4-5-11-25(22)33-27-32-18-26(35-27)21-8-2-1-3-9-21/h1-3,8-9,12-15,18,20,22,25H,4-7,10-11,16-17,19H2,(H,32,33)/t20-,22+,25-/m1/s1. The van der Waals surface area contributed by atoms with Gasteiger partial charge >= 0.3 is 6.36 Å². The van der Waals surface area contributed by atoms with Crippen molar-refractivity contribution >= 4 is 11.7 Å². The predicted octanol–water partition coefficient (Wildman–Crippen LogP) is 7.52. The van der Waals surface area contributed by atoms with Gasteiger partial charge in [-0.3, -0.25) is 0 Å². The van der Waals surface area contributed by atoms with Gasteiger partial charge in [-0.15, -0.1) is 13.2 Å². The quantitative estimate of drug-likeness (QED) is 0.364. The minimum absolute atomic E-state index is 0.183. The molecule has 5 nitrogen and oxygen atoms in total. The number of hydrogen-bond acceptors (Lipinski definition) is 5. The molecule has 0 unspecified atom stereocenters. The molecule has 0 bridgehead atoms. The van der Waals surface area contributed by atoms with Gasteiger partial charge in [-0.1, -0.05) is 43.2 Å². The van der Waals surface area contributed by atoms with Crippen LogP contribution in [0.15, 0.2) is 65.2 Å². The monoisotopic (exact) mass is 499 g/mol. The third-order valence-corrected chi connectivity index (χ3v) is 7.37. The summed E-state index contributed by atoms with van der Waals surface area (Å²) in [4.78, 5) is 6.77. The zero-order valence-corrected chi connectivity index (χ0v) is 20.2. The summed E-state index contributed by atoms with van der Waals surface area (Å²) in [7, 11) is 0. The molecule has 1 saturated carbocycles. The van der Waals surface area contributed by atoms with E-state index in [4.69, 9.17) is 4.42 Å². The maximum atomic E-state index is 12.5. The van der Waals surface area contributed by atoms with Crippen LogP contribution < -0.4 is 15.0 Å². The number of ether oxygens (including phenoxy) is 1. The molecule has 192 valence electrons. The highest BCUT2D eigenvalue weighted by Gasteiger charge is 2.32. The molecule has 1 N–H and O–H groups in total. The van der Waals surface area contributed by atoms with Crippen LogP contribution in [0.3, 0.4) is 0 Å². The highest BCUT2D eigenvalue weighted by Crippen LogP contribution is 2.36. The Labute approximate surface area is 209 Å². The molecular weight excluding hydrogens is 467 g/mol. The number of piperidine rings is 1. The van der Waals surface area contributed by atoms with Gasteiger partial charge in [0.05, 0.1) is 6.20 Å². The average Bonchev–Trinajstić information content (AvgIpc) is 3.34. The van der Waals surface area contributed by atoms with Gasteiger partial charge < -0.3 is 19.4 Å². The smallest absolute Gasteiger partial charge is 0.424 e. The van der Waals surface area contributed by atoms with Crippen molar-refractivity contribution in [1.82, 2.24) is 4.98 Å². The fourth-order valence-electron chi connectivity index (χ4n) is 5.69. The summed E-state index contributed by atoms with van der Waals surface area (Å²) >= 11 is 0. The summed E-state index contributed by atoms with van der Waals surface area (Å²) in [6.45, 7) is 1.83. The number of alkyl halides is 3. The molecule has 0 spiro atoms. The zero-order valence-electron chi connectivity index (χ0n) is 20.2. The predicted molar refractivity (Wildman–Crippen MR) is 134 cm³/mol. The Balaban J connectivity index is 1.19. The SMILES string of the molecule is FC(F)(F)Oc1ccc(N2CCC[C@H](C[C@@H]3CCCC[C@H]3Nc3ncc(-c4ccccc4)o3)C2)cc1. The lowest BCUT2D eigenvalue weighted by Crippen LogP contribution is -2.39. The second kappa shape index (κ2) is 10.8. The van der Waals surface area contributed by atoms with Crippen LogP contribution in [0.5, 0.6) is 5.75 Å². The number of anilines is 2. The number of oxazole rings is 1. The average molecular weight is 500 g/mol. The molecule has 1 aromatic heterocycles. The van der Waals surface area contributed by atoms with E-state index < -0.39 is 6.36 Å². The second-order valence-corrected chi connectivity index (χ2v) is 9.92. The zero-order chi connectivity index (χ0) is 25.0. The Kier molecular flexibility index (Phi) is 7.39. The minimum Gasteiger partial charge on any atom is -0.424 e. The molecule has 1 aliphatic carbocycles. The van der Waals surface area contributed by atoms with Crippen molar-refractivity contribution in [1.29, 1.82) is 0 Å². The van der Waals surface area contributed by atoms with E-state index in [9.17, 15) is 13.2 Å². The molecule has 0 amide bonds. The molecule has 0 radical (unpaired) electrons. The summed E-state index contributed by atoms with van der Waals surface area (Å²) in [5, 5.41) is 3.58. The molecule has 2 aromatic carbocycles. The van der Waals surface area contributed by atoms with Crippen LogP contribution in [0.1, 0.15) is 44.9 Å². The van der Waals surface area contributed by atoms with Crippen LogP contribution in [-0.2, 0) is 0 Å². The van der Waals surface area contributed by atoms with Gasteiger partial charge in [0.1, 0.15) is 5.75 Å².